The van der Waals surface area contributed by atoms with Crippen LogP contribution < -0.4 is 0 Å². The zero-order chi connectivity index (χ0) is 17.0. The Labute approximate surface area is 132 Å². The third-order valence-corrected chi connectivity index (χ3v) is 4.85. The molecule has 4 heteroatoms. The third kappa shape index (κ3) is 2.64. The zero-order valence-electron chi connectivity index (χ0n) is 14.2. The summed E-state index contributed by atoms with van der Waals surface area (Å²) in [4.78, 5) is 24.4. The van der Waals surface area contributed by atoms with Crippen LogP contribution in [0.4, 0.5) is 0 Å². The second-order valence-electron chi connectivity index (χ2n) is 5.63. The molecule has 0 aromatic carbocycles. The standard InChI is InChI=1S/C18H26O4/c1-7-14(8-2)11-10-13(4)17(9-3)12-18(17,15(19)21-5)16(20)22-6/h10H,4,7-9,12H2,1-3,5-6H3. The van der Waals surface area contributed by atoms with E-state index >= 15 is 0 Å². The Morgan fingerprint density at radius 1 is 1.14 bits per heavy atom. The number of allylic oxidation sites excluding steroid dienone is 2. The van der Waals surface area contributed by atoms with Gasteiger partial charge in [0.1, 0.15) is 0 Å². The van der Waals surface area contributed by atoms with E-state index in [0.717, 1.165) is 18.4 Å². The lowest BCUT2D eigenvalue weighted by Gasteiger charge is -2.21. The van der Waals surface area contributed by atoms with Gasteiger partial charge in [0, 0.05) is 5.41 Å². The molecule has 0 aromatic rings. The van der Waals surface area contributed by atoms with Crippen molar-refractivity contribution in [2.24, 2.45) is 10.8 Å². The normalized spacial score (nSPS) is 21.3. The summed E-state index contributed by atoms with van der Waals surface area (Å²) in [5.74, 6) is -1.10. The molecule has 122 valence electrons. The summed E-state index contributed by atoms with van der Waals surface area (Å²) in [6, 6.07) is 0. The van der Waals surface area contributed by atoms with Crippen molar-refractivity contribution >= 4 is 11.9 Å². The number of hydrogen-bond acceptors (Lipinski definition) is 4. The van der Waals surface area contributed by atoms with E-state index in [4.69, 9.17) is 9.47 Å². The molecule has 1 saturated carbocycles. The average Bonchev–Trinajstić information content (AvgIpc) is 3.25. The molecule has 0 heterocycles. The summed E-state index contributed by atoms with van der Waals surface area (Å²) in [6.07, 6.45) is 4.62. The molecule has 0 bridgehead atoms. The number of rotatable bonds is 7. The molecule has 1 aliphatic carbocycles. The minimum atomic E-state index is -1.26. The summed E-state index contributed by atoms with van der Waals surface area (Å²) >= 11 is 0. The summed E-state index contributed by atoms with van der Waals surface area (Å²) in [7, 11) is 2.58. The molecule has 0 spiro atoms. The lowest BCUT2D eigenvalue weighted by atomic mass is 9.83. The van der Waals surface area contributed by atoms with Gasteiger partial charge in [-0.1, -0.05) is 27.4 Å². The fraction of sp³-hybridized carbons (Fsp3) is 0.611. The molecule has 0 aliphatic heterocycles. The molecule has 1 unspecified atom stereocenters. The highest BCUT2D eigenvalue weighted by atomic mass is 16.5. The second-order valence-corrected chi connectivity index (χ2v) is 5.63. The Balaban J connectivity index is 3.25. The lowest BCUT2D eigenvalue weighted by molar-refractivity contribution is -0.163. The van der Waals surface area contributed by atoms with Crippen LogP contribution in [-0.4, -0.2) is 26.2 Å². The maximum Gasteiger partial charge on any atom is 0.324 e. The molecule has 1 aliphatic rings. The minimum absolute atomic E-state index is 0.375. The van der Waals surface area contributed by atoms with Crippen molar-refractivity contribution in [2.45, 2.75) is 46.5 Å². The van der Waals surface area contributed by atoms with E-state index in [2.05, 4.69) is 26.2 Å². The number of esters is 2. The van der Waals surface area contributed by atoms with Crippen molar-refractivity contribution in [1.29, 1.82) is 0 Å². The van der Waals surface area contributed by atoms with E-state index in [-0.39, 0.29) is 0 Å². The summed E-state index contributed by atoms with van der Waals surface area (Å²) in [6.45, 7) is 10.2. The molecule has 1 fully saturated rings. The first-order valence-corrected chi connectivity index (χ1v) is 7.70. The van der Waals surface area contributed by atoms with Crippen molar-refractivity contribution in [3.8, 4) is 0 Å². The molecule has 1 rings (SSSR count). The van der Waals surface area contributed by atoms with Gasteiger partial charge in [0.15, 0.2) is 5.41 Å². The molecular formula is C18H26O4. The highest BCUT2D eigenvalue weighted by molar-refractivity contribution is 6.06. The van der Waals surface area contributed by atoms with Crippen LogP contribution in [0.3, 0.4) is 0 Å². The summed E-state index contributed by atoms with van der Waals surface area (Å²) in [5, 5.41) is 0. The van der Waals surface area contributed by atoms with Crippen molar-refractivity contribution in [3.63, 3.8) is 0 Å². The molecule has 0 radical (unpaired) electrons. The van der Waals surface area contributed by atoms with E-state index in [1.54, 1.807) is 6.08 Å². The van der Waals surface area contributed by atoms with Crippen LogP contribution in [0.1, 0.15) is 46.5 Å². The smallest absolute Gasteiger partial charge is 0.324 e. The fourth-order valence-electron chi connectivity index (χ4n) is 3.20. The first kappa shape index (κ1) is 18.2. The Kier molecular flexibility index (Phi) is 5.78. The molecule has 1 atom stereocenters. The average molecular weight is 306 g/mol. The molecule has 22 heavy (non-hydrogen) atoms. The van der Waals surface area contributed by atoms with Crippen molar-refractivity contribution in [2.75, 3.05) is 14.2 Å². The predicted octanol–water partition coefficient (Wildman–Crippen LogP) is 3.58. The van der Waals surface area contributed by atoms with Crippen molar-refractivity contribution < 1.29 is 19.1 Å². The van der Waals surface area contributed by atoms with Crippen molar-refractivity contribution in [1.82, 2.24) is 0 Å². The second kappa shape index (κ2) is 6.97. The highest BCUT2D eigenvalue weighted by Gasteiger charge is 2.78. The van der Waals surface area contributed by atoms with Gasteiger partial charge in [-0.15, -0.1) is 5.73 Å². The molecule has 0 amide bonds. The van der Waals surface area contributed by atoms with Gasteiger partial charge >= 0.3 is 11.9 Å². The van der Waals surface area contributed by atoms with E-state index < -0.39 is 22.8 Å². The minimum Gasteiger partial charge on any atom is -0.468 e. The fourth-order valence-corrected chi connectivity index (χ4v) is 3.20. The Morgan fingerprint density at radius 2 is 1.64 bits per heavy atom. The van der Waals surface area contributed by atoms with Crippen LogP contribution in [0.25, 0.3) is 0 Å². The summed E-state index contributed by atoms with van der Waals surface area (Å²) in [5.41, 5.74) is 3.24. The van der Waals surface area contributed by atoms with Gasteiger partial charge in [0.05, 0.1) is 14.2 Å². The maximum atomic E-state index is 12.2. The monoisotopic (exact) mass is 306 g/mol. The van der Waals surface area contributed by atoms with Crippen LogP contribution in [0.15, 0.2) is 29.5 Å². The number of carbonyl (C=O) groups is 2. The van der Waals surface area contributed by atoms with Gasteiger partial charge in [-0.05, 0) is 42.9 Å². The van der Waals surface area contributed by atoms with Crippen LogP contribution in [0.5, 0.6) is 0 Å². The Morgan fingerprint density at radius 3 is 2.00 bits per heavy atom. The number of methoxy groups -OCH3 is 2. The number of hydrogen-bond donors (Lipinski definition) is 0. The van der Waals surface area contributed by atoms with Crippen LogP contribution >= 0.6 is 0 Å². The molecule has 4 nitrogen and oxygen atoms in total. The summed E-state index contributed by atoms with van der Waals surface area (Å²) < 4.78 is 9.71. The first-order chi connectivity index (χ1) is 10.4. The quantitative estimate of drug-likeness (QED) is 0.312. The predicted molar refractivity (Wildman–Crippen MR) is 85.1 cm³/mol. The third-order valence-electron chi connectivity index (χ3n) is 4.85. The number of carbonyl (C=O) groups excluding carboxylic acids is 2. The largest absolute Gasteiger partial charge is 0.468 e. The SMILES string of the molecule is C=C(C=C=C(CC)CC)C1(CC)CC1(C(=O)OC)C(=O)OC. The molecule has 0 aromatic heterocycles. The highest BCUT2D eigenvalue weighted by Crippen LogP contribution is 2.70. The lowest BCUT2D eigenvalue weighted by Crippen LogP contribution is -2.34. The van der Waals surface area contributed by atoms with Gasteiger partial charge in [-0.2, -0.15) is 0 Å². The molecule has 0 saturated heterocycles. The van der Waals surface area contributed by atoms with Gasteiger partial charge in [0.2, 0.25) is 0 Å². The van der Waals surface area contributed by atoms with Gasteiger partial charge < -0.3 is 9.47 Å². The first-order valence-electron chi connectivity index (χ1n) is 7.70. The van der Waals surface area contributed by atoms with E-state index in [1.165, 1.54) is 19.8 Å². The van der Waals surface area contributed by atoms with Crippen LogP contribution in [-0.2, 0) is 19.1 Å². The van der Waals surface area contributed by atoms with E-state index in [0.29, 0.717) is 12.8 Å². The Hall–Kier alpha value is -1.80. The Bertz CT molecular complexity index is 515. The topological polar surface area (TPSA) is 52.6 Å². The van der Waals surface area contributed by atoms with Gasteiger partial charge in [-0.3, -0.25) is 9.59 Å². The maximum absolute atomic E-state index is 12.2. The van der Waals surface area contributed by atoms with Gasteiger partial charge in [0.25, 0.3) is 0 Å². The number of ether oxygens (including phenoxy) is 2. The van der Waals surface area contributed by atoms with E-state index in [9.17, 15) is 9.59 Å². The van der Waals surface area contributed by atoms with Gasteiger partial charge in [-0.25, -0.2) is 0 Å². The zero-order valence-corrected chi connectivity index (χ0v) is 14.2. The van der Waals surface area contributed by atoms with Crippen LogP contribution in [0.2, 0.25) is 0 Å². The van der Waals surface area contributed by atoms with Crippen LogP contribution in [0, 0.1) is 10.8 Å². The molecular weight excluding hydrogens is 280 g/mol. The van der Waals surface area contributed by atoms with Crippen molar-refractivity contribution in [3.05, 3.63) is 29.5 Å². The molecule has 0 N–H and O–H groups in total. The van der Waals surface area contributed by atoms with E-state index in [1.807, 2.05) is 6.92 Å².